The SMILES string of the molecule is CNC(=O)c1cn[nH]c1C1CCN(Cc2cnn(C)c2)C1. The van der Waals surface area contributed by atoms with Crippen LogP contribution in [-0.2, 0) is 13.6 Å². The summed E-state index contributed by atoms with van der Waals surface area (Å²) >= 11 is 0. The summed E-state index contributed by atoms with van der Waals surface area (Å²) in [6, 6.07) is 0. The molecule has 3 rings (SSSR count). The molecule has 2 aromatic rings. The lowest BCUT2D eigenvalue weighted by Crippen LogP contribution is -2.22. The lowest BCUT2D eigenvalue weighted by atomic mass is 10.0. The summed E-state index contributed by atoms with van der Waals surface area (Å²) in [6.07, 6.45) is 6.59. The highest BCUT2D eigenvalue weighted by molar-refractivity contribution is 5.95. The lowest BCUT2D eigenvalue weighted by molar-refractivity contribution is 0.0961. The van der Waals surface area contributed by atoms with E-state index in [9.17, 15) is 4.79 Å². The van der Waals surface area contributed by atoms with Crippen molar-refractivity contribution in [2.75, 3.05) is 20.1 Å². The lowest BCUT2D eigenvalue weighted by Gasteiger charge is -2.14. The van der Waals surface area contributed by atoms with Crippen molar-refractivity contribution in [3.63, 3.8) is 0 Å². The third kappa shape index (κ3) is 2.82. The van der Waals surface area contributed by atoms with Gasteiger partial charge in [-0.1, -0.05) is 0 Å². The van der Waals surface area contributed by atoms with E-state index >= 15 is 0 Å². The Morgan fingerprint density at radius 2 is 2.38 bits per heavy atom. The average Bonchev–Trinajstić information content (AvgIpc) is 3.18. The average molecular weight is 288 g/mol. The van der Waals surface area contributed by atoms with Crippen LogP contribution in [0.4, 0.5) is 0 Å². The van der Waals surface area contributed by atoms with Gasteiger partial charge < -0.3 is 5.32 Å². The van der Waals surface area contributed by atoms with E-state index in [1.807, 2.05) is 24.1 Å². The Bertz CT molecular complexity index is 631. The van der Waals surface area contributed by atoms with Crippen molar-refractivity contribution in [1.82, 2.24) is 30.2 Å². The number of likely N-dealkylation sites (tertiary alicyclic amines) is 1. The van der Waals surface area contributed by atoms with Gasteiger partial charge in [0, 0.05) is 44.9 Å². The van der Waals surface area contributed by atoms with Gasteiger partial charge in [0.05, 0.1) is 23.7 Å². The normalized spacial score (nSPS) is 19.0. The molecule has 2 aromatic heterocycles. The molecule has 3 heterocycles. The Hall–Kier alpha value is -2.15. The highest BCUT2D eigenvalue weighted by atomic mass is 16.1. The van der Waals surface area contributed by atoms with Crippen LogP contribution in [-0.4, -0.2) is 50.9 Å². The molecule has 1 unspecified atom stereocenters. The van der Waals surface area contributed by atoms with Crippen LogP contribution in [0, 0.1) is 0 Å². The summed E-state index contributed by atoms with van der Waals surface area (Å²) in [4.78, 5) is 14.2. The molecule has 1 saturated heterocycles. The number of rotatable bonds is 4. The van der Waals surface area contributed by atoms with Gasteiger partial charge >= 0.3 is 0 Å². The largest absolute Gasteiger partial charge is 0.355 e. The van der Waals surface area contributed by atoms with Gasteiger partial charge in [0.25, 0.3) is 5.91 Å². The number of carbonyl (C=O) groups excluding carboxylic acids is 1. The van der Waals surface area contributed by atoms with E-state index in [1.54, 1.807) is 13.2 Å². The van der Waals surface area contributed by atoms with E-state index in [0.717, 1.165) is 31.7 Å². The standard InChI is InChI=1S/C14H20N6O/c1-15-14(21)12-6-16-18-13(12)11-3-4-20(9-11)8-10-5-17-19(2)7-10/h5-7,11H,3-4,8-9H2,1-2H3,(H,15,21)(H,16,18). The van der Waals surface area contributed by atoms with Gasteiger partial charge in [-0.15, -0.1) is 0 Å². The number of aromatic nitrogens is 4. The molecule has 0 aromatic carbocycles. The minimum absolute atomic E-state index is 0.0792. The van der Waals surface area contributed by atoms with Crippen LogP contribution < -0.4 is 5.32 Å². The quantitative estimate of drug-likeness (QED) is 0.858. The first-order valence-electron chi connectivity index (χ1n) is 7.12. The summed E-state index contributed by atoms with van der Waals surface area (Å²) < 4.78 is 1.82. The van der Waals surface area contributed by atoms with Crippen LogP contribution in [0.15, 0.2) is 18.6 Å². The molecule has 1 atom stereocenters. The molecule has 21 heavy (non-hydrogen) atoms. The van der Waals surface area contributed by atoms with Crippen LogP contribution in [0.2, 0.25) is 0 Å². The van der Waals surface area contributed by atoms with Crippen LogP contribution in [0.25, 0.3) is 0 Å². The Morgan fingerprint density at radius 3 is 3.10 bits per heavy atom. The first kappa shape index (κ1) is 13.8. The fourth-order valence-electron chi connectivity index (χ4n) is 2.95. The van der Waals surface area contributed by atoms with Crippen molar-refractivity contribution in [3.05, 3.63) is 35.4 Å². The molecule has 7 heteroatoms. The molecule has 2 N–H and O–H groups in total. The summed E-state index contributed by atoms with van der Waals surface area (Å²) in [6.45, 7) is 2.85. The molecule has 0 aliphatic carbocycles. The molecule has 7 nitrogen and oxygen atoms in total. The van der Waals surface area contributed by atoms with Crippen molar-refractivity contribution in [1.29, 1.82) is 0 Å². The predicted octanol–water partition coefficient (Wildman–Crippen LogP) is 0.492. The maximum atomic E-state index is 11.8. The number of hydrogen-bond acceptors (Lipinski definition) is 4. The maximum absolute atomic E-state index is 11.8. The number of amides is 1. The smallest absolute Gasteiger partial charge is 0.254 e. The predicted molar refractivity (Wildman–Crippen MR) is 77.8 cm³/mol. The topological polar surface area (TPSA) is 78.8 Å². The van der Waals surface area contributed by atoms with Gasteiger partial charge in [-0.3, -0.25) is 19.5 Å². The monoisotopic (exact) mass is 288 g/mol. The molecule has 1 fully saturated rings. The van der Waals surface area contributed by atoms with Gasteiger partial charge in [-0.25, -0.2) is 0 Å². The molecule has 0 saturated carbocycles. The van der Waals surface area contributed by atoms with Gasteiger partial charge in [0.1, 0.15) is 0 Å². The number of aromatic amines is 1. The molecule has 112 valence electrons. The maximum Gasteiger partial charge on any atom is 0.254 e. The highest BCUT2D eigenvalue weighted by Crippen LogP contribution is 2.28. The molecule has 1 aliphatic heterocycles. The van der Waals surface area contributed by atoms with Gasteiger partial charge in [0.15, 0.2) is 0 Å². The van der Waals surface area contributed by atoms with Gasteiger partial charge in [-0.2, -0.15) is 10.2 Å². The molecule has 0 spiro atoms. The first-order valence-corrected chi connectivity index (χ1v) is 7.12. The number of nitrogens with zero attached hydrogens (tertiary/aromatic N) is 4. The van der Waals surface area contributed by atoms with E-state index < -0.39 is 0 Å². The third-order valence-corrected chi connectivity index (χ3v) is 3.99. The molecule has 1 aliphatic rings. The van der Waals surface area contributed by atoms with Crippen LogP contribution in [0.5, 0.6) is 0 Å². The number of H-pyrrole nitrogens is 1. The van der Waals surface area contributed by atoms with Gasteiger partial charge in [0.2, 0.25) is 0 Å². The van der Waals surface area contributed by atoms with Crippen molar-refractivity contribution >= 4 is 5.91 Å². The minimum atomic E-state index is -0.0792. The molecule has 0 bridgehead atoms. The molecular formula is C14H20N6O. The third-order valence-electron chi connectivity index (χ3n) is 3.99. The Balaban J connectivity index is 1.67. The Labute approximate surface area is 123 Å². The van der Waals surface area contributed by atoms with Crippen LogP contribution in [0.1, 0.15) is 34.0 Å². The Kier molecular flexibility index (Phi) is 3.74. The second-order valence-corrected chi connectivity index (χ2v) is 5.52. The van der Waals surface area contributed by atoms with E-state index in [0.29, 0.717) is 11.5 Å². The second kappa shape index (κ2) is 5.69. The number of nitrogens with one attached hydrogen (secondary N) is 2. The molecular weight excluding hydrogens is 268 g/mol. The van der Waals surface area contributed by atoms with E-state index in [1.165, 1.54) is 5.56 Å². The van der Waals surface area contributed by atoms with E-state index in [2.05, 4.69) is 25.5 Å². The number of carbonyl (C=O) groups is 1. The van der Waals surface area contributed by atoms with E-state index in [4.69, 9.17) is 0 Å². The van der Waals surface area contributed by atoms with Crippen molar-refractivity contribution < 1.29 is 4.79 Å². The fraction of sp³-hybridized carbons (Fsp3) is 0.500. The fourth-order valence-corrected chi connectivity index (χ4v) is 2.95. The van der Waals surface area contributed by atoms with Gasteiger partial charge in [-0.05, 0) is 13.0 Å². The molecule has 1 amide bonds. The Morgan fingerprint density at radius 1 is 1.52 bits per heavy atom. The van der Waals surface area contributed by atoms with Crippen LogP contribution >= 0.6 is 0 Å². The number of aryl methyl sites for hydroxylation is 1. The van der Waals surface area contributed by atoms with E-state index in [-0.39, 0.29) is 5.91 Å². The zero-order valence-electron chi connectivity index (χ0n) is 12.3. The summed E-state index contributed by atoms with van der Waals surface area (Å²) in [5.74, 6) is 0.251. The minimum Gasteiger partial charge on any atom is -0.355 e. The van der Waals surface area contributed by atoms with Crippen molar-refractivity contribution in [3.8, 4) is 0 Å². The summed E-state index contributed by atoms with van der Waals surface area (Å²) in [5, 5.41) is 13.9. The summed E-state index contributed by atoms with van der Waals surface area (Å²) in [5.41, 5.74) is 2.82. The van der Waals surface area contributed by atoms with Crippen LogP contribution in [0.3, 0.4) is 0 Å². The zero-order valence-corrected chi connectivity index (χ0v) is 12.3. The van der Waals surface area contributed by atoms with Crippen molar-refractivity contribution in [2.45, 2.75) is 18.9 Å². The molecule has 0 radical (unpaired) electrons. The highest BCUT2D eigenvalue weighted by Gasteiger charge is 2.28. The summed E-state index contributed by atoms with van der Waals surface area (Å²) in [7, 11) is 3.57. The second-order valence-electron chi connectivity index (χ2n) is 5.52. The first-order chi connectivity index (χ1) is 10.2. The van der Waals surface area contributed by atoms with Crippen molar-refractivity contribution in [2.24, 2.45) is 7.05 Å². The number of hydrogen-bond donors (Lipinski definition) is 2. The zero-order chi connectivity index (χ0) is 14.8.